The molecule has 0 spiro atoms. The first-order valence-electron chi connectivity index (χ1n) is 6.56. The van der Waals surface area contributed by atoms with Crippen LogP contribution in [0.15, 0.2) is 0 Å². The van der Waals surface area contributed by atoms with Gasteiger partial charge in [-0.15, -0.1) is 0 Å². The van der Waals surface area contributed by atoms with Crippen molar-refractivity contribution in [2.45, 2.75) is 34.1 Å². The van der Waals surface area contributed by atoms with Crippen molar-refractivity contribution in [1.29, 1.82) is 0 Å². The number of hydrogen-bond acceptors (Lipinski definition) is 2. The fourth-order valence-corrected chi connectivity index (χ4v) is 1.66. The molecule has 0 aliphatic heterocycles. The van der Waals surface area contributed by atoms with Crippen LogP contribution < -0.4 is 0 Å². The zero-order chi connectivity index (χ0) is 14.3. The number of carbonyl (C=O) groups excluding carboxylic acids is 1. The number of rotatable bonds is 7. The van der Waals surface area contributed by atoms with E-state index in [-0.39, 0.29) is 12.6 Å². The largest absolute Gasteiger partial charge is 0.481 e. The van der Waals surface area contributed by atoms with Gasteiger partial charge in [-0.05, 0) is 12.8 Å². The predicted molar refractivity (Wildman–Crippen MR) is 71.5 cm³/mol. The summed E-state index contributed by atoms with van der Waals surface area (Å²) in [5.74, 6) is -0.958. The summed E-state index contributed by atoms with van der Waals surface area (Å²) in [6.45, 7) is 9.36. The highest BCUT2D eigenvalue weighted by Crippen LogP contribution is 2.08. The van der Waals surface area contributed by atoms with Crippen LogP contribution in [0.25, 0.3) is 0 Å². The van der Waals surface area contributed by atoms with E-state index >= 15 is 0 Å². The highest BCUT2D eigenvalue weighted by molar-refractivity contribution is 5.75. The molecule has 0 aromatic carbocycles. The molecule has 2 amide bonds. The van der Waals surface area contributed by atoms with Crippen LogP contribution >= 0.6 is 0 Å². The van der Waals surface area contributed by atoms with Crippen molar-refractivity contribution in [3.05, 3.63) is 0 Å². The van der Waals surface area contributed by atoms with Crippen molar-refractivity contribution in [2.24, 2.45) is 11.8 Å². The molecule has 0 aromatic heterocycles. The summed E-state index contributed by atoms with van der Waals surface area (Å²) >= 11 is 0. The van der Waals surface area contributed by atoms with E-state index < -0.39 is 11.9 Å². The third kappa shape index (κ3) is 5.38. The Morgan fingerprint density at radius 3 is 2.11 bits per heavy atom. The molecule has 0 saturated heterocycles. The Bertz CT molecular complexity index is 281. The summed E-state index contributed by atoms with van der Waals surface area (Å²) in [6.07, 6.45) is 1.03. The van der Waals surface area contributed by atoms with Crippen LogP contribution in [0.3, 0.4) is 0 Å². The third-order valence-electron chi connectivity index (χ3n) is 3.18. The minimum atomic E-state index is -0.875. The molecule has 0 rings (SSSR count). The molecule has 2 unspecified atom stereocenters. The first kappa shape index (κ1) is 16.7. The minimum Gasteiger partial charge on any atom is -0.481 e. The maximum Gasteiger partial charge on any atom is 0.319 e. The molecule has 18 heavy (non-hydrogen) atoms. The van der Waals surface area contributed by atoms with Crippen molar-refractivity contribution in [3.63, 3.8) is 0 Å². The number of hydrogen-bond donors (Lipinski definition) is 1. The van der Waals surface area contributed by atoms with E-state index in [0.717, 1.165) is 13.0 Å². The van der Waals surface area contributed by atoms with E-state index in [2.05, 4.69) is 13.8 Å². The van der Waals surface area contributed by atoms with Crippen molar-refractivity contribution >= 4 is 12.0 Å². The predicted octanol–water partition coefficient (Wildman–Crippen LogP) is 2.13. The van der Waals surface area contributed by atoms with Gasteiger partial charge in [-0.1, -0.05) is 27.2 Å². The lowest BCUT2D eigenvalue weighted by Gasteiger charge is -2.30. The number of nitrogens with zero attached hydrogens (tertiary/aromatic N) is 2. The summed E-state index contributed by atoms with van der Waals surface area (Å²) in [4.78, 5) is 26.2. The maximum absolute atomic E-state index is 12.1. The average molecular weight is 258 g/mol. The zero-order valence-electron chi connectivity index (χ0n) is 12.1. The molecular weight excluding hydrogens is 232 g/mol. The van der Waals surface area contributed by atoms with Gasteiger partial charge in [-0.3, -0.25) is 4.79 Å². The van der Waals surface area contributed by atoms with Crippen LogP contribution in [-0.4, -0.2) is 53.6 Å². The lowest BCUT2D eigenvalue weighted by Crippen LogP contribution is -2.45. The molecule has 0 heterocycles. The third-order valence-corrected chi connectivity index (χ3v) is 3.18. The lowest BCUT2D eigenvalue weighted by atomic mass is 10.1. The van der Waals surface area contributed by atoms with Gasteiger partial charge in [0.2, 0.25) is 0 Å². The topological polar surface area (TPSA) is 60.9 Å². The number of aliphatic carboxylic acids is 1. The molecule has 0 bridgehead atoms. The highest BCUT2D eigenvalue weighted by Gasteiger charge is 2.21. The smallest absolute Gasteiger partial charge is 0.319 e. The Morgan fingerprint density at radius 1 is 1.17 bits per heavy atom. The van der Waals surface area contributed by atoms with Crippen molar-refractivity contribution < 1.29 is 14.7 Å². The van der Waals surface area contributed by atoms with Crippen molar-refractivity contribution in [2.75, 3.05) is 26.7 Å². The first-order chi connectivity index (χ1) is 8.33. The Hall–Kier alpha value is -1.26. The fraction of sp³-hybridized carbons (Fsp3) is 0.846. The normalized spacial score (nSPS) is 13.8. The standard InChI is InChI=1S/C13H26N2O3/c1-6-10(3)8-15(7-2)13(18)14(5)9-11(4)12(16)17/h10-11H,6-9H2,1-5H3,(H,16,17). The molecule has 106 valence electrons. The van der Waals surface area contributed by atoms with Gasteiger partial charge in [0, 0.05) is 26.7 Å². The molecule has 0 aliphatic carbocycles. The number of carboxylic acids is 1. The second-order valence-electron chi connectivity index (χ2n) is 4.95. The van der Waals surface area contributed by atoms with Gasteiger partial charge in [0.1, 0.15) is 0 Å². The average Bonchev–Trinajstić information content (AvgIpc) is 2.34. The number of carboxylic acid groups (broad SMARTS) is 1. The van der Waals surface area contributed by atoms with Gasteiger partial charge in [0.05, 0.1) is 5.92 Å². The van der Waals surface area contributed by atoms with E-state index in [9.17, 15) is 9.59 Å². The SMILES string of the molecule is CCC(C)CN(CC)C(=O)N(C)CC(C)C(=O)O. The summed E-state index contributed by atoms with van der Waals surface area (Å²) in [7, 11) is 1.65. The van der Waals surface area contributed by atoms with E-state index in [0.29, 0.717) is 12.5 Å². The fourth-order valence-electron chi connectivity index (χ4n) is 1.66. The molecule has 1 N–H and O–H groups in total. The molecule has 5 heteroatoms. The molecule has 0 saturated carbocycles. The second-order valence-corrected chi connectivity index (χ2v) is 4.95. The number of amides is 2. The lowest BCUT2D eigenvalue weighted by molar-refractivity contribution is -0.141. The van der Waals surface area contributed by atoms with Gasteiger partial charge in [0.15, 0.2) is 0 Å². The van der Waals surface area contributed by atoms with Crippen molar-refractivity contribution in [1.82, 2.24) is 9.80 Å². The molecule has 0 aliphatic rings. The van der Waals surface area contributed by atoms with Gasteiger partial charge < -0.3 is 14.9 Å². The molecule has 2 atom stereocenters. The molecular formula is C13H26N2O3. The van der Waals surface area contributed by atoms with Gasteiger partial charge in [0.25, 0.3) is 0 Å². The van der Waals surface area contributed by atoms with Crippen LogP contribution in [0.5, 0.6) is 0 Å². The Morgan fingerprint density at radius 2 is 1.72 bits per heavy atom. The Kier molecular flexibility index (Phi) is 7.39. The van der Waals surface area contributed by atoms with E-state index in [1.165, 1.54) is 4.90 Å². The van der Waals surface area contributed by atoms with Crippen LogP contribution in [0, 0.1) is 11.8 Å². The molecule has 0 fully saturated rings. The summed E-state index contributed by atoms with van der Waals surface area (Å²) < 4.78 is 0. The van der Waals surface area contributed by atoms with E-state index in [1.54, 1.807) is 18.9 Å². The highest BCUT2D eigenvalue weighted by atomic mass is 16.4. The Balaban J connectivity index is 4.44. The Labute approximate surface area is 110 Å². The van der Waals surface area contributed by atoms with E-state index in [4.69, 9.17) is 5.11 Å². The van der Waals surface area contributed by atoms with Gasteiger partial charge >= 0.3 is 12.0 Å². The monoisotopic (exact) mass is 258 g/mol. The summed E-state index contributed by atoms with van der Waals surface area (Å²) in [6, 6.07) is -0.0918. The van der Waals surface area contributed by atoms with Gasteiger partial charge in [-0.2, -0.15) is 0 Å². The van der Waals surface area contributed by atoms with E-state index in [1.807, 2.05) is 6.92 Å². The summed E-state index contributed by atoms with van der Waals surface area (Å²) in [5, 5.41) is 8.84. The maximum atomic E-state index is 12.1. The van der Waals surface area contributed by atoms with Crippen LogP contribution in [-0.2, 0) is 4.79 Å². The summed E-state index contributed by atoms with van der Waals surface area (Å²) in [5.41, 5.74) is 0. The molecule has 0 radical (unpaired) electrons. The quantitative estimate of drug-likeness (QED) is 0.761. The number of urea groups is 1. The zero-order valence-corrected chi connectivity index (χ0v) is 12.1. The minimum absolute atomic E-state index is 0.0918. The molecule has 0 aromatic rings. The van der Waals surface area contributed by atoms with Crippen molar-refractivity contribution in [3.8, 4) is 0 Å². The first-order valence-corrected chi connectivity index (χ1v) is 6.56. The van der Waals surface area contributed by atoms with Crippen LogP contribution in [0.1, 0.15) is 34.1 Å². The van der Waals surface area contributed by atoms with Gasteiger partial charge in [-0.25, -0.2) is 4.79 Å². The molecule has 5 nitrogen and oxygen atoms in total. The number of carbonyl (C=O) groups is 2. The van der Waals surface area contributed by atoms with Crippen LogP contribution in [0.4, 0.5) is 4.79 Å². The second kappa shape index (κ2) is 7.95. The van der Waals surface area contributed by atoms with Crippen LogP contribution in [0.2, 0.25) is 0 Å².